The predicted molar refractivity (Wildman–Crippen MR) is 136 cm³/mol. The standard InChI is InChI=1S/C26H26N4O2S/c1-19-7-9-20(10-8-19)24(31)28-26(33)27-22-11-13-23(14-12-22)29-15-17-30(18-16-29)25(32)21-5-3-2-4-6-21/h2-14H,15-18H2,1H3,(H2,27,28,31,33). The number of piperazine rings is 1. The second kappa shape index (κ2) is 10.3. The maximum Gasteiger partial charge on any atom is 0.257 e. The quantitative estimate of drug-likeness (QED) is 0.577. The smallest absolute Gasteiger partial charge is 0.257 e. The van der Waals surface area contributed by atoms with Gasteiger partial charge in [0.1, 0.15) is 0 Å². The van der Waals surface area contributed by atoms with Crippen molar-refractivity contribution in [2.45, 2.75) is 6.92 Å². The number of nitrogens with zero attached hydrogens (tertiary/aromatic N) is 2. The zero-order chi connectivity index (χ0) is 23.2. The van der Waals surface area contributed by atoms with Gasteiger partial charge in [0.2, 0.25) is 0 Å². The Hall–Kier alpha value is -3.71. The van der Waals surface area contributed by atoms with E-state index in [0.717, 1.165) is 35.6 Å². The van der Waals surface area contributed by atoms with Gasteiger partial charge < -0.3 is 15.1 Å². The average Bonchev–Trinajstić information content (AvgIpc) is 2.85. The van der Waals surface area contributed by atoms with E-state index in [2.05, 4.69) is 15.5 Å². The highest BCUT2D eigenvalue weighted by atomic mass is 32.1. The molecule has 0 bridgehead atoms. The Balaban J connectivity index is 1.28. The summed E-state index contributed by atoms with van der Waals surface area (Å²) in [5.41, 5.74) is 4.26. The van der Waals surface area contributed by atoms with E-state index in [4.69, 9.17) is 12.2 Å². The SMILES string of the molecule is Cc1ccc(C(=O)NC(=S)Nc2ccc(N3CCN(C(=O)c4ccccc4)CC3)cc2)cc1. The minimum atomic E-state index is -0.243. The van der Waals surface area contributed by atoms with Crippen LogP contribution in [0.15, 0.2) is 78.9 Å². The highest BCUT2D eigenvalue weighted by Crippen LogP contribution is 2.20. The normalized spacial score (nSPS) is 13.4. The lowest BCUT2D eigenvalue weighted by Gasteiger charge is -2.36. The lowest BCUT2D eigenvalue weighted by atomic mass is 10.1. The summed E-state index contributed by atoms with van der Waals surface area (Å²) in [7, 11) is 0. The van der Waals surface area contributed by atoms with E-state index in [1.54, 1.807) is 12.1 Å². The average molecular weight is 459 g/mol. The van der Waals surface area contributed by atoms with Gasteiger partial charge in [-0.3, -0.25) is 14.9 Å². The summed E-state index contributed by atoms with van der Waals surface area (Å²) < 4.78 is 0. The van der Waals surface area contributed by atoms with Crippen LogP contribution in [0.25, 0.3) is 0 Å². The summed E-state index contributed by atoms with van der Waals surface area (Å²) >= 11 is 5.28. The molecule has 2 amide bonds. The first-order valence-electron chi connectivity index (χ1n) is 10.9. The van der Waals surface area contributed by atoms with Crippen LogP contribution in [0.4, 0.5) is 11.4 Å². The molecule has 0 saturated carbocycles. The van der Waals surface area contributed by atoms with Crippen molar-refractivity contribution >= 4 is 40.5 Å². The third-order valence-corrected chi connectivity index (χ3v) is 5.82. The van der Waals surface area contributed by atoms with Gasteiger partial charge in [-0.15, -0.1) is 0 Å². The van der Waals surface area contributed by atoms with Gasteiger partial charge in [0.15, 0.2) is 5.11 Å². The van der Waals surface area contributed by atoms with Crippen molar-refractivity contribution in [3.05, 3.63) is 95.6 Å². The molecule has 3 aromatic rings. The molecule has 1 aliphatic heterocycles. The van der Waals surface area contributed by atoms with Crippen molar-refractivity contribution in [1.29, 1.82) is 0 Å². The zero-order valence-corrected chi connectivity index (χ0v) is 19.3. The molecule has 4 rings (SSSR count). The van der Waals surface area contributed by atoms with Crippen molar-refractivity contribution < 1.29 is 9.59 Å². The van der Waals surface area contributed by atoms with Gasteiger partial charge in [0.05, 0.1) is 0 Å². The molecule has 1 heterocycles. The largest absolute Gasteiger partial charge is 0.368 e. The van der Waals surface area contributed by atoms with Crippen molar-refractivity contribution in [2.75, 3.05) is 36.4 Å². The lowest BCUT2D eigenvalue weighted by Crippen LogP contribution is -2.48. The molecule has 3 aromatic carbocycles. The number of benzene rings is 3. The molecule has 0 spiro atoms. The van der Waals surface area contributed by atoms with Crippen molar-refractivity contribution in [3.8, 4) is 0 Å². The van der Waals surface area contributed by atoms with Gasteiger partial charge in [-0.1, -0.05) is 35.9 Å². The Kier molecular flexibility index (Phi) is 7.00. The van der Waals surface area contributed by atoms with Gasteiger partial charge in [-0.25, -0.2) is 0 Å². The van der Waals surface area contributed by atoms with Crippen molar-refractivity contribution in [2.24, 2.45) is 0 Å². The van der Waals surface area contributed by atoms with Crippen LogP contribution in [-0.4, -0.2) is 48.0 Å². The maximum atomic E-state index is 12.6. The molecule has 0 radical (unpaired) electrons. The molecule has 33 heavy (non-hydrogen) atoms. The Morgan fingerprint density at radius 2 is 1.42 bits per heavy atom. The summed E-state index contributed by atoms with van der Waals surface area (Å²) in [6.45, 7) is 4.89. The maximum absolute atomic E-state index is 12.6. The molecule has 0 aliphatic carbocycles. The Morgan fingerprint density at radius 1 is 0.788 bits per heavy atom. The molecular formula is C26H26N4O2S. The summed E-state index contributed by atoms with van der Waals surface area (Å²) in [6.07, 6.45) is 0. The number of hydrogen-bond acceptors (Lipinski definition) is 4. The van der Waals surface area contributed by atoms with Crippen LogP contribution in [0.2, 0.25) is 0 Å². The van der Waals surface area contributed by atoms with Gasteiger partial charge in [0, 0.05) is 48.7 Å². The molecule has 168 valence electrons. The molecule has 7 heteroatoms. The summed E-state index contributed by atoms with van der Waals surface area (Å²) in [5.74, 6) is -0.164. The molecule has 0 unspecified atom stereocenters. The molecule has 1 fully saturated rings. The van der Waals surface area contributed by atoms with E-state index in [0.29, 0.717) is 18.7 Å². The Bertz CT molecular complexity index is 1120. The highest BCUT2D eigenvalue weighted by Gasteiger charge is 2.22. The number of carbonyl (C=O) groups is 2. The fourth-order valence-electron chi connectivity index (χ4n) is 3.73. The Labute approximate surface area is 199 Å². The summed E-state index contributed by atoms with van der Waals surface area (Å²) in [6, 6.07) is 24.6. The topological polar surface area (TPSA) is 64.7 Å². The number of aryl methyl sites for hydroxylation is 1. The second-order valence-corrected chi connectivity index (χ2v) is 8.37. The lowest BCUT2D eigenvalue weighted by molar-refractivity contribution is 0.0746. The van der Waals surface area contributed by atoms with E-state index < -0.39 is 0 Å². The van der Waals surface area contributed by atoms with Crippen LogP contribution in [0, 0.1) is 6.92 Å². The van der Waals surface area contributed by atoms with Crippen molar-refractivity contribution in [1.82, 2.24) is 10.2 Å². The van der Waals surface area contributed by atoms with Gasteiger partial charge >= 0.3 is 0 Å². The molecule has 2 N–H and O–H groups in total. The second-order valence-electron chi connectivity index (χ2n) is 7.97. The molecule has 0 atom stereocenters. The number of thiocarbonyl (C=S) groups is 1. The van der Waals surface area contributed by atoms with E-state index in [1.807, 2.05) is 78.6 Å². The Morgan fingerprint density at radius 3 is 2.06 bits per heavy atom. The fraction of sp³-hybridized carbons (Fsp3) is 0.192. The third-order valence-electron chi connectivity index (χ3n) is 5.62. The molecule has 6 nitrogen and oxygen atoms in total. The molecular weight excluding hydrogens is 432 g/mol. The summed E-state index contributed by atoms with van der Waals surface area (Å²) in [4.78, 5) is 29.1. The van der Waals surface area contributed by atoms with Crippen LogP contribution in [0.5, 0.6) is 0 Å². The number of amides is 2. The van der Waals surface area contributed by atoms with E-state index in [9.17, 15) is 9.59 Å². The zero-order valence-electron chi connectivity index (χ0n) is 18.5. The minimum Gasteiger partial charge on any atom is -0.368 e. The number of anilines is 2. The van der Waals surface area contributed by atoms with Crippen molar-refractivity contribution in [3.63, 3.8) is 0 Å². The third kappa shape index (κ3) is 5.75. The van der Waals surface area contributed by atoms with Gasteiger partial charge in [0.25, 0.3) is 11.8 Å². The monoisotopic (exact) mass is 458 g/mol. The number of nitrogens with one attached hydrogen (secondary N) is 2. The molecule has 1 saturated heterocycles. The molecule has 1 aliphatic rings. The van der Waals surface area contributed by atoms with Crippen LogP contribution < -0.4 is 15.5 Å². The van der Waals surface area contributed by atoms with E-state index in [1.165, 1.54) is 0 Å². The predicted octanol–water partition coefficient (Wildman–Crippen LogP) is 4.08. The van der Waals surface area contributed by atoms with Gasteiger partial charge in [-0.05, 0) is 67.7 Å². The van der Waals surface area contributed by atoms with Crippen LogP contribution in [-0.2, 0) is 0 Å². The van der Waals surface area contributed by atoms with Crippen LogP contribution in [0.3, 0.4) is 0 Å². The van der Waals surface area contributed by atoms with Crippen LogP contribution >= 0.6 is 12.2 Å². The summed E-state index contributed by atoms with van der Waals surface area (Å²) in [5, 5.41) is 6.01. The van der Waals surface area contributed by atoms with E-state index >= 15 is 0 Å². The molecule has 0 aromatic heterocycles. The fourth-order valence-corrected chi connectivity index (χ4v) is 3.94. The first kappa shape index (κ1) is 22.5. The number of hydrogen-bond donors (Lipinski definition) is 2. The van der Waals surface area contributed by atoms with Crippen LogP contribution in [0.1, 0.15) is 26.3 Å². The first-order valence-corrected chi connectivity index (χ1v) is 11.3. The van der Waals surface area contributed by atoms with E-state index in [-0.39, 0.29) is 16.9 Å². The highest BCUT2D eigenvalue weighted by molar-refractivity contribution is 7.80. The number of rotatable bonds is 4. The minimum absolute atomic E-state index is 0.0796. The first-order chi connectivity index (χ1) is 16.0. The van der Waals surface area contributed by atoms with Gasteiger partial charge in [-0.2, -0.15) is 0 Å². The number of carbonyl (C=O) groups excluding carboxylic acids is 2.